The maximum Gasteiger partial charge on any atom is 0.441 e. The van der Waals surface area contributed by atoms with E-state index in [4.69, 9.17) is 5.11 Å². The molecule has 1 atom stereocenters. The normalized spacial score (nSPS) is 14.8. The van der Waals surface area contributed by atoms with Crippen LogP contribution in [-0.4, -0.2) is 23.0 Å². The molecule has 0 amide bonds. The van der Waals surface area contributed by atoms with Gasteiger partial charge in [-0.2, -0.15) is 13.2 Å². The lowest BCUT2D eigenvalue weighted by atomic mass is 9.96. The molecule has 0 aliphatic heterocycles. The average molecular weight is 230 g/mol. The van der Waals surface area contributed by atoms with Gasteiger partial charge in [0.2, 0.25) is 0 Å². The molecule has 1 unspecified atom stereocenters. The monoisotopic (exact) mass is 230 g/mol. The van der Waals surface area contributed by atoms with E-state index in [1.54, 1.807) is 0 Å². The second kappa shape index (κ2) is 6.56. The minimum absolute atomic E-state index is 0.00449. The van der Waals surface area contributed by atoms with Gasteiger partial charge in [-0.15, -0.1) is 0 Å². The lowest BCUT2D eigenvalue weighted by Gasteiger charge is -2.16. The summed E-state index contributed by atoms with van der Waals surface area (Å²) in [5.74, 6) is 0.467. The Morgan fingerprint density at radius 3 is 2.21 bits per heavy atom. The molecule has 5 heteroatoms. The number of hydrogen-bond donors (Lipinski definition) is 1. The quantitative estimate of drug-likeness (QED) is 0.755. The fourth-order valence-corrected chi connectivity index (χ4v) is 1.97. The van der Waals surface area contributed by atoms with Crippen LogP contribution in [0.5, 0.6) is 0 Å². The lowest BCUT2D eigenvalue weighted by Crippen LogP contribution is -2.12. The summed E-state index contributed by atoms with van der Waals surface area (Å²) >= 11 is -0.00676. The largest absolute Gasteiger partial charge is 0.441 e. The number of rotatable bonds is 6. The van der Waals surface area contributed by atoms with Crippen LogP contribution < -0.4 is 0 Å². The number of aliphatic hydroxyl groups is 1. The van der Waals surface area contributed by atoms with Crippen molar-refractivity contribution in [3.05, 3.63) is 0 Å². The average Bonchev–Trinajstić information content (AvgIpc) is 1.99. The Bertz CT molecular complexity index is 147. The molecular weight excluding hydrogens is 213 g/mol. The Kier molecular flexibility index (Phi) is 6.61. The topological polar surface area (TPSA) is 20.2 Å². The van der Waals surface area contributed by atoms with Crippen LogP contribution in [0.15, 0.2) is 0 Å². The van der Waals surface area contributed by atoms with Gasteiger partial charge in [-0.3, -0.25) is 0 Å². The molecule has 0 heterocycles. The second-order valence-electron chi connectivity index (χ2n) is 3.76. The predicted octanol–water partition coefficient (Wildman–Crippen LogP) is 3.28. The van der Waals surface area contributed by atoms with Gasteiger partial charge in [0.15, 0.2) is 0 Å². The molecule has 1 N–H and O–H groups in total. The maximum atomic E-state index is 11.8. The summed E-state index contributed by atoms with van der Waals surface area (Å²) < 4.78 is 35.3. The van der Waals surface area contributed by atoms with Crippen molar-refractivity contribution in [2.75, 3.05) is 12.4 Å². The van der Waals surface area contributed by atoms with Crippen molar-refractivity contribution in [3.63, 3.8) is 0 Å². The Morgan fingerprint density at radius 1 is 1.29 bits per heavy atom. The molecule has 14 heavy (non-hydrogen) atoms. The van der Waals surface area contributed by atoms with Gasteiger partial charge >= 0.3 is 5.51 Å². The zero-order valence-corrected chi connectivity index (χ0v) is 9.29. The summed E-state index contributed by atoms with van der Waals surface area (Å²) in [7, 11) is 0. The van der Waals surface area contributed by atoms with Crippen LogP contribution in [0, 0.1) is 11.8 Å². The van der Waals surface area contributed by atoms with Crippen LogP contribution in [-0.2, 0) is 0 Å². The molecule has 0 aromatic rings. The third-order valence-corrected chi connectivity index (χ3v) is 2.62. The Balaban J connectivity index is 3.63. The molecule has 0 bridgehead atoms. The first-order chi connectivity index (χ1) is 6.35. The number of alkyl halides is 3. The van der Waals surface area contributed by atoms with Crippen molar-refractivity contribution in [1.29, 1.82) is 0 Å². The van der Waals surface area contributed by atoms with Gasteiger partial charge in [-0.25, -0.2) is 0 Å². The minimum atomic E-state index is -4.14. The highest BCUT2D eigenvalue weighted by molar-refractivity contribution is 8.00. The fraction of sp³-hybridized carbons (Fsp3) is 1.00. The molecule has 0 fully saturated rings. The molecular formula is C9H17F3OS. The molecule has 0 radical (unpaired) electrons. The molecule has 0 aliphatic rings. The van der Waals surface area contributed by atoms with Crippen molar-refractivity contribution in [2.24, 2.45) is 11.8 Å². The molecule has 1 nitrogen and oxygen atoms in total. The Hall–Kier alpha value is 0.100. The van der Waals surface area contributed by atoms with Gasteiger partial charge in [-0.1, -0.05) is 25.6 Å². The number of hydrogen-bond acceptors (Lipinski definition) is 2. The summed E-state index contributed by atoms with van der Waals surface area (Å²) in [4.78, 5) is 0. The van der Waals surface area contributed by atoms with Crippen LogP contribution in [0.3, 0.4) is 0 Å². The van der Waals surface area contributed by atoms with Crippen molar-refractivity contribution in [2.45, 2.75) is 32.2 Å². The summed E-state index contributed by atoms with van der Waals surface area (Å²) in [5.41, 5.74) is -4.14. The van der Waals surface area contributed by atoms with E-state index in [-0.39, 0.29) is 30.0 Å². The number of thioether (sulfide) groups is 1. The molecule has 0 rings (SSSR count). The molecule has 0 saturated carbocycles. The molecule has 86 valence electrons. The predicted molar refractivity (Wildman–Crippen MR) is 53.2 cm³/mol. The molecule has 0 aromatic carbocycles. The van der Waals surface area contributed by atoms with Gasteiger partial charge in [0, 0.05) is 12.4 Å². The summed E-state index contributed by atoms with van der Waals surface area (Å²) in [6.45, 7) is 3.98. The standard InChI is InChI=1S/C9H17F3OS/c1-7(2)5-8(6-13)3-4-14-9(10,11)12/h7-8,13H,3-6H2,1-2H3. The van der Waals surface area contributed by atoms with Crippen molar-refractivity contribution >= 4 is 11.8 Å². The van der Waals surface area contributed by atoms with E-state index < -0.39 is 5.51 Å². The Morgan fingerprint density at radius 2 is 1.86 bits per heavy atom. The third kappa shape index (κ3) is 8.69. The van der Waals surface area contributed by atoms with Gasteiger partial charge in [0.1, 0.15) is 0 Å². The molecule has 0 aromatic heterocycles. The van der Waals surface area contributed by atoms with E-state index in [0.29, 0.717) is 12.3 Å². The number of aliphatic hydroxyl groups excluding tert-OH is 1. The first kappa shape index (κ1) is 14.1. The molecule has 0 saturated heterocycles. The van der Waals surface area contributed by atoms with Crippen molar-refractivity contribution < 1.29 is 18.3 Å². The highest BCUT2D eigenvalue weighted by Gasteiger charge is 2.28. The van der Waals surface area contributed by atoms with Crippen LogP contribution in [0.2, 0.25) is 0 Å². The van der Waals surface area contributed by atoms with Crippen LogP contribution in [0.25, 0.3) is 0 Å². The van der Waals surface area contributed by atoms with Crippen molar-refractivity contribution in [3.8, 4) is 0 Å². The van der Waals surface area contributed by atoms with E-state index in [1.807, 2.05) is 13.8 Å². The minimum Gasteiger partial charge on any atom is -0.396 e. The van der Waals surface area contributed by atoms with Gasteiger partial charge in [-0.05, 0) is 24.7 Å². The van der Waals surface area contributed by atoms with Crippen LogP contribution in [0.1, 0.15) is 26.7 Å². The highest BCUT2D eigenvalue weighted by atomic mass is 32.2. The van der Waals surface area contributed by atoms with E-state index in [9.17, 15) is 13.2 Å². The van der Waals surface area contributed by atoms with Crippen molar-refractivity contribution in [1.82, 2.24) is 0 Å². The van der Waals surface area contributed by atoms with Crippen LogP contribution in [0.4, 0.5) is 13.2 Å². The maximum absolute atomic E-state index is 11.8. The van der Waals surface area contributed by atoms with E-state index >= 15 is 0 Å². The zero-order chi connectivity index (χ0) is 11.2. The van der Waals surface area contributed by atoms with E-state index in [0.717, 1.165) is 6.42 Å². The van der Waals surface area contributed by atoms with E-state index in [2.05, 4.69) is 0 Å². The van der Waals surface area contributed by atoms with Gasteiger partial charge in [0.25, 0.3) is 0 Å². The van der Waals surface area contributed by atoms with E-state index in [1.165, 1.54) is 0 Å². The van der Waals surface area contributed by atoms with Gasteiger partial charge in [0.05, 0.1) is 0 Å². The summed E-state index contributed by atoms with van der Waals surface area (Å²) in [6, 6.07) is 0. The fourth-order valence-electron chi connectivity index (χ4n) is 1.29. The highest BCUT2D eigenvalue weighted by Crippen LogP contribution is 2.31. The third-order valence-electron chi connectivity index (χ3n) is 1.85. The first-order valence-electron chi connectivity index (χ1n) is 4.66. The number of halogens is 3. The first-order valence-corrected chi connectivity index (χ1v) is 5.65. The smallest absolute Gasteiger partial charge is 0.396 e. The SMILES string of the molecule is CC(C)CC(CO)CCSC(F)(F)F. The zero-order valence-electron chi connectivity index (χ0n) is 8.47. The summed E-state index contributed by atoms with van der Waals surface area (Å²) in [6.07, 6.45) is 1.22. The van der Waals surface area contributed by atoms with Crippen LogP contribution >= 0.6 is 11.8 Å². The summed E-state index contributed by atoms with van der Waals surface area (Å²) in [5, 5.41) is 8.91. The second-order valence-corrected chi connectivity index (χ2v) is 4.92. The van der Waals surface area contributed by atoms with Gasteiger partial charge < -0.3 is 5.11 Å². The molecule has 0 aliphatic carbocycles. The lowest BCUT2D eigenvalue weighted by molar-refractivity contribution is -0.0328. The Labute approximate surface area is 87.1 Å². The molecule has 0 spiro atoms.